The molecule has 0 fully saturated rings. The molecule has 0 aliphatic carbocycles. The van der Waals surface area contributed by atoms with Crippen molar-refractivity contribution in [2.45, 2.75) is 53.2 Å². The van der Waals surface area contributed by atoms with E-state index >= 15 is 0 Å². The molecule has 1 atom stereocenters. The van der Waals surface area contributed by atoms with Gasteiger partial charge in [-0.15, -0.1) is 0 Å². The number of carbonyl (C=O) groups is 1. The van der Waals surface area contributed by atoms with E-state index in [9.17, 15) is 4.79 Å². The summed E-state index contributed by atoms with van der Waals surface area (Å²) < 4.78 is 13.6. The summed E-state index contributed by atoms with van der Waals surface area (Å²) in [5.74, 6) is 0.522. The molecule has 1 heterocycles. The third kappa shape index (κ3) is 4.58. The maximum Gasteiger partial charge on any atom is 0.340 e. The van der Waals surface area contributed by atoms with E-state index in [1.54, 1.807) is 0 Å². The highest BCUT2D eigenvalue weighted by Gasteiger charge is 2.21. The Balaban J connectivity index is 2.46. The van der Waals surface area contributed by atoms with Crippen molar-refractivity contribution in [2.75, 3.05) is 27.2 Å². The van der Waals surface area contributed by atoms with Gasteiger partial charge in [0.15, 0.2) is 0 Å². The van der Waals surface area contributed by atoms with Crippen LogP contribution in [-0.4, -0.2) is 48.8 Å². The molecule has 1 unspecified atom stereocenters. The third-order valence-corrected chi connectivity index (χ3v) is 4.47. The Morgan fingerprint density at radius 3 is 2.62 bits per heavy atom. The van der Waals surface area contributed by atoms with Crippen LogP contribution in [0.5, 0.6) is 5.75 Å². The second-order valence-electron chi connectivity index (χ2n) is 7.06. The number of rotatable bonds is 9. The number of benzene rings is 1. The van der Waals surface area contributed by atoms with Crippen molar-refractivity contribution in [3.8, 4) is 5.75 Å². The lowest BCUT2D eigenvalue weighted by atomic mass is 10.1. The molecule has 0 saturated carbocycles. The molecule has 0 spiro atoms. The fourth-order valence-corrected chi connectivity index (χ4v) is 3.38. The highest BCUT2D eigenvalue weighted by molar-refractivity contribution is 6.06. The minimum Gasteiger partial charge on any atom is -0.489 e. The average molecular weight is 360 g/mol. The van der Waals surface area contributed by atoms with E-state index in [0.717, 1.165) is 48.3 Å². The molecule has 144 valence electrons. The fourth-order valence-electron chi connectivity index (χ4n) is 3.38. The van der Waals surface area contributed by atoms with E-state index in [1.807, 2.05) is 47.0 Å². The molecule has 0 radical (unpaired) electrons. The van der Waals surface area contributed by atoms with Crippen LogP contribution in [0, 0.1) is 6.92 Å². The van der Waals surface area contributed by atoms with Crippen molar-refractivity contribution in [1.82, 2.24) is 9.47 Å². The lowest BCUT2D eigenvalue weighted by Gasteiger charge is -2.19. The molecule has 0 aliphatic rings. The number of unbranched alkanes of at least 4 members (excludes halogenated alkanes) is 1. The molecular formula is C21H32N2O3. The number of esters is 1. The van der Waals surface area contributed by atoms with Crippen LogP contribution in [0.1, 0.15) is 49.7 Å². The first-order valence-electron chi connectivity index (χ1n) is 9.50. The summed E-state index contributed by atoms with van der Waals surface area (Å²) in [7, 11) is 4.05. The Kier molecular flexibility index (Phi) is 7.09. The molecule has 1 aromatic carbocycles. The maximum absolute atomic E-state index is 12.6. The zero-order valence-electron chi connectivity index (χ0n) is 17.0. The number of ether oxygens (including phenoxy) is 2. The molecule has 0 saturated heterocycles. The second-order valence-corrected chi connectivity index (χ2v) is 7.06. The van der Waals surface area contributed by atoms with Gasteiger partial charge in [0, 0.05) is 29.7 Å². The summed E-state index contributed by atoms with van der Waals surface area (Å²) in [6, 6.07) is 6.02. The molecule has 26 heavy (non-hydrogen) atoms. The van der Waals surface area contributed by atoms with Crippen molar-refractivity contribution < 1.29 is 14.3 Å². The summed E-state index contributed by atoms with van der Waals surface area (Å²) >= 11 is 0. The van der Waals surface area contributed by atoms with Crippen LogP contribution in [-0.2, 0) is 11.3 Å². The number of carbonyl (C=O) groups excluding carboxylic acids is 1. The summed E-state index contributed by atoms with van der Waals surface area (Å²) in [5.41, 5.74) is 2.68. The molecule has 5 nitrogen and oxygen atoms in total. The van der Waals surface area contributed by atoms with Crippen molar-refractivity contribution in [3.63, 3.8) is 0 Å². The van der Waals surface area contributed by atoms with Crippen molar-refractivity contribution in [1.29, 1.82) is 0 Å². The molecule has 0 aliphatic heterocycles. The van der Waals surface area contributed by atoms with Crippen LogP contribution in [0.3, 0.4) is 0 Å². The zero-order chi connectivity index (χ0) is 19.3. The minimum absolute atomic E-state index is 0.0665. The van der Waals surface area contributed by atoms with E-state index in [2.05, 4.69) is 22.5 Å². The summed E-state index contributed by atoms with van der Waals surface area (Å²) in [6.07, 6.45) is 2.25. The number of nitrogens with zero attached hydrogens (tertiary/aromatic N) is 2. The number of hydrogen-bond donors (Lipinski definition) is 0. The lowest BCUT2D eigenvalue weighted by molar-refractivity contribution is 0.0527. The summed E-state index contributed by atoms with van der Waals surface area (Å²) in [4.78, 5) is 14.7. The number of aromatic nitrogens is 1. The van der Waals surface area contributed by atoms with Crippen LogP contribution < -0.4 is 4.74 Å². The van der Waals surface area contributed by atoms with E-state index in [1.165, 1.54) is 0 Å². The standard InChI is InChI=1S/C21H32N2O3/c1-7-9-12-23-16(4)20(21(24)25-8-2)18-13-17(10-11-19(18)23)26-15(3)14-22(5)6/h10-11,13,15H,7-9,12,14H2,1-6H3. The summed E-state index contributed by atoms with van der Waals surface area (Å²) in [5, 5.41) is 0.909. The van der Waals surface area contributed by atoms with E-state index < -0.39 is 0 Å². The van der Waals surface area contributed by atoms with Gasteiger partial charge in [-0.1, -0.05) is 13.3 Å². The van der Waals surface area contributed by atoms with Crippen molar-refractivity contribution in [2.24, 2.45) is 0 Å². The average Bonchev–Trinajstić information content (AvgIpc) is 2.83. The lowest BCUT2D eigenvalue weighted by Crippen LogP contribution is -2.27. The van der Waals surface area contributed by atoms with Gasteiger partial charge in [0.2, 0.25) is 0 Å². The molecule has 2 aromatic rings. The van der Waals surface area contributed by atoms with Gasteiger partial charge < -0.3 is 18.9 Å². The van der Waals surface area contributed by atoms with Gasteiger partial charge in [-0.25, -0.2) is 4.79 Å². The van der Waals surface area contributed by atoms with Crippen LogP contribution in [0.4, 0.5) is 0 Å². The smallest absolute Gasteiger partial charge is 0.340 e. The SMILES string of the molecule is CCCCn1c(C)c(C(=O)OCC)c2cc(OC(C)CN(C)C)ccc21. The molecule has 0 bridgehead atoms. The molecule has 2 rings (SSSR count). The highest BCUT2D eigenvalue weighted by atomic mass is 16.5. The number of hydrogen-bond acceptors (Lipinski definition) is 4. The van der Waals surface area contributed by atoms with Gasteiger partial charge in [0.25, 0.3) is 0 Å². The number of aryl methyl sites for hydroxylation is 1. The van der Waals surface area contributed by atoms with Crippen LogP contribution in [0.15, 0.2) is 18.2 Å². The first kappa shape index (κ1) is 20.3. The minimum atomic E-state index is -0.260. The van der Waals surface area contributed by atoms with Gasteiger partial charge in [-0.2, -0.15) is 0 Å². The van der Waals surface area contributed by atoms with Gasteiger partial charge in [0.1, 0.15) is 11.9 Å². The normalized spacial score (nSPS) is 12.6. The predicted octanol–water partition coefficient (Wildman–Crippen LogP) is 4.26. The molecular weight excluding hydrogens is 328 g/mol. The van der Waals surface area contributed by atoms with E-state index in [0.29, 0.717) is 12.2 Å². The van der Waals surface area contributed by atoms with Gasteiger partial charge >= 0.3 is 5.97 Å². The van der Waals surface area contributed by atoms with Crippen LogP contribution >= 0.6 is 0 Å². The maximum atomic E-state index is 12.6. The largest absolute Gasteiger partial charge is 0.489 e. The number of likely N-dealkylation sites (N-methyl/N-ethyl adjacent to an activating group) is 1. The quantitative estimate of drug-likeness (QED) is 0.627. The Morgan fingerprint density at radius 2 is 2.00 bits per heavy atom. The molecule has 0 N–H and O–H groups in total. The predicted molar refractivity (Wildman–Crippen MR) is 106 cm³/mol. The fraction of sp³-hybridized carbons (Fsp3) is 0.571. The Hall–Kier alpha value is -2.01. The molecule has 1 aromatic heterocycles. The Labute approximate surface area is 156 Å². The monoisotopic (exact) mass is 360 g/mol. The summed E-state index contributed by atoms with van der Waals surface area (Å²) in [6.45, 7) is 10.2. The van der Waals surface area contributed by atoms with Crippen LogP contribution in [0.25, 0.3) is 10.9 Å². The number of fused-ring (bicyclic) bond motifs is 1. The molecule has 0 amide bonds. The molecule has 5 heteroatoms. The van der Waals surface area contributed by atoms with Gasteiger partial charge in [-0.3, -0.25) is 0 Å². The van der Waals surface area contributed by atoms with Crippen LogP contribution in [0.2, 0.25) is 0 Å². The zero-order valence-corrected chi connectivity index (χ0v) is 17.0. The van der Waals surface area contributed by atoms with E-state index in [-0.39, 0.29) is 12.1 Å². The highest BCUT2D eigenvalue weighted by Crippen LogP contribution is 2.31. The van der Waals surface area contributed by atoms with E-state index in [4.69, 9.17) is 9.47 Å². The topological polar surface area (TPSA) is 43.7 Å². The Bertz CT molecular complexity index is 749. The van der Waals surface area contributed by atoms with Gasteiger partial charge in [0.05, 0.1) is 12.2 Å². The van der Waals surface area contributed by atoms with Gasteiger partial charge in [-0.05, 0) is 59.5 Å². The first-order valence-corrected chi connectivity index (χ1v) is 9.50. The Morgan fingerprint density at radius 1 is 1.27 bits per heavy atom. The van der Waals surface area contributed by atoms with Crippen molar-refractivity contribution in [3.05, 3.63) is 29.5 Å². The third-order valence-electron chi connectivity index (χ3n) is 4.47. The second kappa shape index (κ2) is 9.08. The van der Waals surface area contributed by atoms with Crippen molar-refractivity contribution >= 4 is 16.9 Å². The first-order chi connectivity index (χ1) is 12.4.